The van der Waals surface area contributed by atoms with Gasteiger partial charge in [0.05, 0.1) is 23.7 Å². The Kier molecular flexibility index (Phi) is 9.57. The van der Waals surface area contributed by atoms with Crippen LogP contribution in [0.4, 0.5) is 0 Å². The number of allylic oxidation sites excluding steroid dienone is 1. The third kappa shape index (κ3) is 6.74. The van der Waals surface area contributed by atoms with Crippen molar-refractivity contribution in [3.8, 4) is 11.5 Å². The third-order valence-electron chi connectivity index (χ3n) is 7.27. The number of aromatic nitrogens is 2. The first kappa shape index (κ1) is 29.1. The molecule has 1 aliphatic rings. The molecule has 1 heterocycles. The van der Waals surface area contributed by atoms with Crippen LogP contribution in [0.2, 0.25) is 5.02 Å². The van der Waals surface area contributed by atoms with E-state index in [1.165, 1.54) is 11.1 Å². The van der Waals surface area contributed by atoms with Gasteiger partial charge in [-0.05, 0) is 68.1 Å². The van der Waals surface area contributed by atoms with Gasteiger partial charge in [-0.15, -0.1) is 6.58 Å². The van der Waals surface area contributed by atoms with Gasteiger partial charge in [0.2, 0.25) is 0 Å². The van der Waals surface area contributed by atoms with Crippen molar-refractivity contribution in [2.24, 2.45) is 5.10 Å². The Bertz CT molecular complexity index is 1640. The lowest BCUT2D eigenvalue weighted by molar-refractivity contribution is 0.267. The molecular formula is C33H33BrClN3O3. The summed E-state index contributed by atoms with van der Waals surface area (Å²) in [5, 5.41) is 5.91. The highest BCUT2D eigenvalue weighted by Gasteiger charge is 2.23. The minimum Gasteiger partial charge on any atom is -0.490 e. The largest absolute Gasteiger partial charge is 0.490 e. The van der Waals surface area contributed by atoms with E-state index in [-0.39, 0.29) is 11.5 Å². The number of nitrogens with zero attached hydrogens (tertiary/aromatic N) is 3. The van der Waals surface area contributed by atoms with E-state index in [1.54, 1.807) is 6.21 Å². The first-order valence-corrected chi connectivity index (χ1v) is 15.2. The van der Waals surface area contributed by atoms with Crippen LogP contribution < -0.4 is 15.0 Å². The summed E-state index contributed by atoms with van der Waals surface area (Å²) >= 11 is 9.85. The van der Waals surface area contributed by atoms with Crippen LogP contribution in [0.25, 0.3) is 10.9 Å². The van der Waals surface area contributed by atoms with Crippen LogP contribution in [0.3, 0.4) is 0 Å². The molecule has 4 aromatic rings. The van der Waals surface area contributed by atoms with Gasteiger partial charge in [-0.1, -0.05) is 71.1 Å². The lowest BCUT2D eigenvalue weighted by atomic mass is 9.88. The minimum absolute atomic E-state index is 0.177. The maximum absolute atomic E-state index is 13.7. The van der Waals surface area contributed by atoms with Gasteiger partial charge < -0.3 is 9.47 Å². The van der Waals surface area contributed by atoms with Crippen molar-refractivity contribution in [1.82, 2.24) is 9.66 Å². The average Bonchev–Trinajstić information content (AvgIpc) is 2.98. The Morgan fingerprint density at radius 1 is 1.10 bits per heavy atom. The smallest absolute Gasteiger partial charge is 0.282 e. The average molecular weight is 635 g/mol. The van der Waals surface area contributed by atoms with E-state index in [4.69, 9.17) is 31.2 Å². The van der Waals surface area contributed by atoms with E-state index in [1.807, 2.05) is 67.6 Å². The zero-order chi connectivity index (χ0) is 28.8. The predicted molar refractivity (Wildman–Crippen MR) is 170 cm³/mol. The van der Waals surface area contributed by atoms with E-state index >= 15 is 0 Å². The van der Waals surface area contributed by atoms with Crippen LogP contribution in [-0.2, 0) is 13.0 Å². The molecule has 1 aliphatic carbocycles. The topological polar surface area (TPSA) is 65.7 Å². The Hall–Kier alpha value is -3.42. The zero-order valence-electron chi connectivity index (χ0n) is 23.1. The highest BCUT2D eigenvalue weighted by molar-refractivity contribution is 9.10. The number of halogens is 2. The van der Waals surface area contributed by atoms with Gasteiger partial charge >= 0.3 is 0 Å². The normalized spacial score (nSPS) is 14.0. The quantitative estimate of drug-likeness (QED) is 0.130. The van der Waals surface area contributed by atoms with Crippen LogP contribution in [0.5, 0.6) is 11.5 Å². The van der Waals surface area contributed by atoms with Crippen LogP contribution in [-0.4, -0.2) is 22.5 Å². The molecule has 0 amide bonds. The molecule has 0 atom stereocenters. The Labute approximate surface area is 253 Å². The molecule has 41 heavy (non-hydrogen) atoms. The van der Waals surface area contributed by atoms with Crippen molar-refractivity contribution < 1.29 is 9.47 Å². The monoisotopic (exact) mass is 633 g/mol. The molecule has 0 saturated heterocycles. The second-order valence-electron chi connectivity index (χ2n) is 10.1. The fourth-order valence-corrected chi connectivity index (χ4v) is 5.84. The molecular weight excluding hydrogens is 602 g/mol. The molecule has 6 nitrogen and oxygen atoms in total. The summed E-state index contributed by atoms with van der Waals surface area (Å²) in [7, 11) is 0. The molecule has 0 aliphatic heterocycles. The highest BCUT2D eigenvalue weighted by Crippen LogP contribution is 2.35. The lowest BCUT2D eigenvalue weighted by Crippen LogP contribution is -2.25. The summed E-state index contributed by atoms with van der Waals surface area (Å²) in [6, 6.07) is 17.1. The Morgan fingerprint density at radius 2 is 1.90 bits per heavy atom. The summed E-state index contributed by atoms with van der Waals surface area (Å²) in [6.45, 7) is 6.63. The van der Waals surface area contributed by atoms with Crippen molar-refractivity contribution in [2.75, 3.05) is 6.61 Å². The maximum Gasteiger partial charge on any atom is 0.282 e. The molecule has 0 unspecified atom stereocenters. The van der Waals surface area contributed by atoms with Crippen LogP contribution in [0.1, 0.15) is 67.5 Å². The molecule has 8 heteroatoms. The van der Waals surface area contributed by atoms with Crippen LogP contribution in [0, 0.1) is 0 Å². The second-order valence-corrected chi connectivity index (χ2v) is 11.5. The Morgan fingerprint density at radius 3 is 2.66 bits per heavy atom. The standard InChI is InChI=1S/C33H33BrClN3O3/c1-3-10-24-17-22(18-30(40-4-2)31(24)41-21-25-13-8-9-14-28(25)35)20-36-38-32(23-11-6-5-7-12-23)37-29-16-15-26(34)19-27(29)33(38)39/h3,8-9,13-20,23H,1,4-7,10-12,21H2,2H3. The molecule has 0 radical (unpaired) electrons. The highest BCUT2D eigenvalue weighted by atomic mass is 79.9. The molecule has 1 fully saturated rings. The number of ether oxygens (including phenoxy) is 2. The molecule has 3 aromatic carbocycles. The summed E-state index contributed by atoms with van der Waals surface area (Å²) in [4.78, 5) is 18.7. The molecule has 212 valence electrons. The van der Waals surface area contributed by atoms with Crippen molar-refractivity contribution in [3.63, 3.8) is 0 Å². The van der Waals surface area contributed by atoms with Gasteiger partial charge in [0.25, 0.3) is 5.56 Å². The van der Waals surface area contributed by atoms with Crippen molar-refractivity contribution >= 4 is 44.6 Å². The number of fused-ring (bicyclic) bond motifs is 1. The minimum atomic E-state index is -0.177. The van der Waals surface area contributed by atoms with Gasteiger partial charge in [0.15, 0.2) is 11.5 Å². The molecule has 5 rings (SSSR count). The number of hydrogen-bond acceptors (Lipinski definition) is 5. The third-order valence-corrected chi connectivity index (χ3v) is 8.14. The van der Waals surface area contributed by atoms with Gasteiger partial charge in [-0.25, -0.2) is 4.98 Å². The van der Waals surface area contributed by atoms with E-state index < -0.39 is 0 Å². The van der Waals surface area contributed by atoms with Gasteiger partial charge in [0, 0.05) is 26.5 Å². The van der Waals surface area contributed by atoms with Gasteiger partial charge in [-0.3, -0.25) is 4.79 Å². The predicted octanol–water partition coefficient (Wildman–Crippen LogP) is 8.45. The summed E-state index contributed by atoms with van der Waals surface area (Å²) in [6.07, 6.45) is 9.55. The van der Waals surface area contributed by atoms with Crippen molar-refractivity contribution in [3.05, 3.63) is 110 Å². The second kappa shape index (κ2) is 13.5. The van der Waals surface area contributed by atoms with E-state index in [2.05, 4.69) is 22.5 Å². The number of hydrogen-bond donors (Lipinski definition) is 0. The first-order valence-electron chi connectivity index (χ1n) is 14.0. The molecule has 0 bridgehead atoms. The van der Waals surface area contributed by atoms with Gasteiger partial charge in [-0.2, -0.15) is 9.78 Å². The van der Waals surface area contributed by atoms with Crippen molar-refractivity contribution in [2.45, 2.75) is 58.0 Å². The Balaban J connectivity index is 1.56. The maximum atomic E-state index is 13.7. The van der Waals surface area contributed by atoms with E-state index in [0.29, 0.717) is 47.1 Å². The molecule has 0 N–H and O–H groups in total. The number of benzene rings is 3. The summed E-state index contributed by atoms with van der Waals surface area (Å²) < 4.78 is 14.6. The van der Waals surface area contributed by atoms with Crippen molar-refractivity contribution in [1.29, 1.82) is 0 Å². The summed E-state index contributed by atoms with van der Waals surface area (Å²) in [5.74, 6) is 2.15. The van der Waals surface area contributed by atoms with Crippen LogP contribution >= 0.6 is 27.5 Å². The zero-order valence-corrected chi connectivity index (χ0v) is 25.5. The first-order chi connectivity index (χ1) is 20.0. The fraction of sp³-hybridized carbons (Fsp3) is 0.303. The molecule has 1 saturated carbocycles. The van der Waals surface area contributed by atoms with Gasteiger partial charge in [0.1, 0.15) is 12.4 Å². The van der Waals surface area contributed by atoms with Crippen LogP contribution in [0.15, 0.2) is 81.6 Å². The summed E-state index contributed by atoms with van der Waals surface area (Å²) in [5.41, 5.74) is 3.09. The van der Waals surface area contributed by atoms with E-state index in [9.17, 15) is 4.79 Å². The SMILES string of the molecule is C=CCc1cc(C=Nn2c(C3CCCCC3)nc3ccc(Br)cc3c2=O)cc(OCC)c1OCc1ccccc1Cl. The molecule has 1 aromatic heterocycles. The fourth-order valence-electron chi connectivity index (χ4n) is 5.28. The lowest BCUT2D eigenvalue weighted by Gasteiger charge is -2.22. The van der Waals surface area contributed by atoms with E-state index in [0.717, 1.165) is 52.7 Å². The molecule has 0 spiro atoms. The number of rotatable bonds is 10.